The lowest BCUT2D eigenvalue weighted by Crippen LogP contribution is -2.05. The summed E-state index contributed by atoms with van der Waals surface area (Å²) < 4.78 is 25.1. The average molecular weight is 344 g/mol. The molecule has 134 valence electrons. The number of halogens is 1. The summed E-state index contributed by atoms with van der Waals surface area (Å²) in [5, 5.41) is 8.25. The smallest absolute Gasteiger partial charge is 0.276 e. The van der Waals surface area contributed by atoms with Crippen LogP contribution in [0.25, 0.3) is 12.2 Å². The molecule has 5 heteroatoms. The average Bonchev–Trinajstić information content (AvgIpc) is 2.63. The van der Waals surface area contributed by atoms with Gasteiger partial charge in [-0.25, -0.2) is 4.39 Å². The van der Waals surface area contributed by atoms with E-state index in [1.54, 1.807) is 36.4 Å². The van der Waals surface area contributed by atoms with E-state index in [1.165, 1.54) is 6.07 Å². The van der Waals surface area contributed by atoms with Crippen LogP contribution in [0.15, 0.2) is 30.3 Å². The number of ether oxygens (including phenoxy) is 2. The zero-order valence-electron chi connectivity index (χ0n) is 14.9. The number of benzene rings is 1. The Morgan fingerprint density at radius 3 is 2.40 bits per heavy atom. The highest BCUT2D eigenvalue weighted by Gasteiger charge is 2.09. The van der Waals surface area contributed by atoms with E-state index in [2.05, 4.69) is 24.0 Å². The van der Waals surface area contributed by atoms with E-state index < -0.39 is 0 Å². The van der Waals surface area contributed by atoms with Crippen LogP contribution in [-0.2, 0) is 0 Å². The van der Waals surface area contributed by atoms with Crippen LogP contribution >= 0.6 is 0 Å². The van der Waals surface area contributed by atoms with Gasteiger partial charge in [0.25, 0.3) is 5.88 Å². The largest absolute Gasteiger partial charge is 0.488 e. The molecule has 0 aliphatic carbocycles. The highest BCUT2D eigenvalue weighted by Crippen LogP contribution is 2.25. The molecule has 0 bridgehead atoms. The van der Waals surface area contributed by atoms with Crippen molar-refractivity contribution in [3.8, 4) is 11.6 Å². The molecular formula is C20H25FN2O2. The lowest BCUT2D eigenvalue weighted by molar-refractivity contribution is 0.250. The maximum absolute atomic E-state index is 13.7. The molecule has 0 atom stereocenters. The molecule has 0 N–H and O–H groups in total. The van der Waals surface area contributed by atoms with Gasteiger partial charge in [0, 0.05) is 11.6 Å². The van der Waals surface area contributed by atoms with Gasteiger partial charge in [-0.2, -0.15) is 0 Å². The summed E-state index contributed by atoms with van der Waals surface area (Å²) >= 11 is 0. The second-order valence-electron chi connectivity index (χ2n) is 5.70. The molecule has 2 aromatic rings. The fourth-order valence-corrected chi connectivity index (χ4v) is 2.09. The monoisotopic (exact) mass is 344 g/mol. The Hall–Kier alpha value is -2.43. The number of hydrogen-bond acceptors (Lipinski definition) is 4. The Kier molecular flexibility index (Phi) is 7.89. The van der Waals surface area contributed by atoms with E-state index >= 15 is 0 Å². The van der Waals surface area contributed by atoms with Crippen molar-refractivity contribution in [2.45, 2.75) is 39.5 Å². The Morgan fingerprint density at radius 1 is 0.960 bits per heavy atom. The number of rotatable bonds is 10. The molecule has 0 unspecified atom stereocenters. The first-order valence-electron chi connectivity index (χ1n) is 8.80. The SMILES string of the molecule is CCCCOc1cc(/C=C/c2ccccc2F)nnc1OCCCC. The molecule has 0 amide bonds. The molecule has 0 spiro atoms. The Labute approximate surface area is 148 Å². The minimum atomic E-state index is -0.273. The molecule has 0 saturated heterocycles. The van der Waals surface area contributed by atoms with Crippen molar-refractivity contribution >= 4 is 12.2 Å². The standard InChI is InChI=1S/C20H25FN2O2/c1-3-5-13-24-19-15-17(22-23-20(19)25-14-6-4-2)12-11-16-9-7-8-10-18(16)21/h7-12,15H,3-6,13-14H2,1-2H3/b12-11+. The lowest BCUT2D eigenvalue weighted by atomic mass is 10.2. The molecule has 25 heavy (non-hydrogen) atoms. The summed E-state index contributed by atoms with van der Waals surface area (Å²) in [6.07, 6.45) is 7.39. The number of aromatic nitrogens is 2. The predicted octanol–water partition coefficient (Wildman–Crippen LogP) is 5.14. The van der Waals surface area contributed by atoms with E-state index in [4.69, 9.17) is 9.47 Å². The van der Waals surface area contributed by atoms with Crippen molar-refractivity contribution in [1.82, 2.24) is 10.2 Å². The Morgan fingerprint density at radius 2 is 1.68 bits per heavy atom. The number of unbranched alkanes of at least 4 members (excludes halogenated alkanes) is 2. The molecule has 1 heterocycles. The summed E-state index contributed by atoms with van der Waals surface area (Å²) in [6, 6.07) is 8.36. The van der Waals surface area contributed by atoms with Crippen molar-refractivity contribution in [2.24, 2.45) is 0 Å². The molecule has 1 aromatic heterocycles. The van der Waals surface area contributed by atoms with E-state index in [9.17, 15) is 4.39 Å². The summed E-state index contributed by atoms with van der Waals surface area (Å²) in [6.45, 7) is 5.39. The van der Waals surface area contributed by atoms with Gasteiger partial charge in [-0.1, -0.05) is 44.9 Å². The second-order valence-corrected chi connectivity index (χ2v) is 5.70. The van der Waals surface area contributed by atoms with E-state index in [0.717, 1.165) is 25.7 Å². The van der Waals surface area contributed by atoms with Crippen molar-refractivity contribution in [3.63, 3.8) is 0 Å². The zero-order chi connectivity index (χ0) is 17.9. The third kappa shape index (κ3) is 6.18. The predicted molar refractivity (Wildman–Crippen MR) is 98.2 cm³/mol. The Bertz CT molecular complexity index is 689. The minimum Gasteiger partial charge on any atom is -0.488 e. The molecule has 0 fully saturated rings. The van der Waals surface area contributed by atoms with E-state index in [-0.39, 0.29) is 5.82 Å². The lowest BCUT2D eigenvalue weighted by Gasteiger charge is -2.11. The highest BCUT2D eigenvalue weighted by molar-refractivity contribution is 5.68. The summed E-state index contributed by atoms with van der Waals surface area (Å²) in [7, 11) is 0. The summed E-state index contributed by atoms with van der Waals surface area (Å²) in [5.41, 5.74) is 1.10. The normalized spacial score (nSPS) is 11.0. The van der Waals surface area contributed by atoms with Crippen molar-refractivity contribution in [1.29, 1.82) is 0 Å². The van der Waals surface area contributed by atoms with Crippen LogP contribution < -0.4 is 9.47 Å². The van der Waals surface area contributed by atoms with Crippen LogP contribution in [-0.4, -0.2) is 23.4 Å². The van der Waals surface area contributed by atoms with Gasteiger partial charge >= 0.3 is 0 Å². The van der Waals surface area contributed by atoms with E-state index in [1.807, 2.05) is 0 Å². The maximum atomic E-state index is 13.7. The van der Waals surface area contributed by atoms with Crippen LogP contribution in [0.3, 0.4) is 0 Å². The van der Waals surface area contributed by atoms with E-state index in [0.29, 0.717) is 36.1 Å². The van der Waals surface area contributed by atoms with Crippen molar-refractivity contribution in [3.05, 3.63) is 47.4 Å². The quantitative estimate of drug-likeness (QED) is 0.560. The first-order valence-corrected chi connectivity index (χ1v) is 8.80. The summed E-state index contributed by atoms with van der Waals surface area (Å²) in [5.74, 6) is 0.714. The number of hydrogen-bond donors (Lipinski definition) is 0. The number of nitrogens with zero attached hydrogens (tertiary/aromatic N) is 2. The van der Waals surface area contributed by atoms with Crippen LogP contribution in [0, 0.1) is 5.82 Å². The molecule has 2 rings (SSSR count). The van der Waals surface area contributed by atoms with Gasteiger partial charge in [-0.3, -0.25) is 0 Å². The third-order valence-electron chi connectivity index (χ3n) is 3.58. The first-order chi connectivity index (χ1) is 12.2. The minimum absolute atomic E-state index is 0.273. The highest BCUT2D eigenvalue weighted by atomic mass is 19.1. The third-order valence-corrected chi connectivity index (χ3v) is 3.58. The second kappa shape index (κ2) is 10.4. The fraction of sp³-hybridized carbons (Fsp3) is 0.400. The fourth-order valence-electron chi connectivity index (χ4n) is 2.09. The van der Waals surface area contributed by atoms with Gasteiger partial charge in [0.15, 0.2) is 5.75 Å². The summed E-state index contributed by atoms with van der Waals surface area (Å²) in [4.78, 5) is 0. The molecule has 4 nitrogen and oxygen atoms in total. The van der Waals surface area contributed by atoms with Gasteiger partial charge in [-0.15, -0.1) is 10.2 Å². The van der Waals surface area contributed by atoms with Gasteiger partial charge in [0.1, 0.15) is 5.82 Å². The van der Waals surface area contributed by atoms with Crippen molar-refractivity contribution < 1.29 is 13.9 Å². The molecule has 0 saturated carbocycles. The molecule has 0 radical (unpaired) electrons. The maximum Gasteiger partial charge on any atom is 0.276 e. The molecule has 0 aliphatic heterocycles. The zero-order valence-corrected chi connectivity index (χ0v) is 14.9. The molecular weight excluding hydrogens is 319 g/mol. The molecule has 1 aromatic carbocycles. The topological polar surface area (TPSA) is 44.2 Å². The Balaban J connectivity index is 2.15. The van der Waals surface area contributed by atoms with Gasteiger partial charge < -0.3 is 9.47 Å². The van der Waals surface area contributed by atoms with Gasteiger partial charge in [-0.05, 0) is 31.1 Å². The van der Waals surface area contributed by atoms with Gasteiger partial charge in [0.2, 0.25) is 0 Å². The first kappa shape index (κ1) is 18.9. The van der Waals surface area contributed by atoms with Crippen molar-refractivity contribution in [2.75, 3.05) is 13.2 Å². The van der Waals surface area contributed by atoms with Crippen LogP contribution in [0.1, 0.15) is 50.8 Å². The van der Waals surface area contributed by atoms with Gasteiger partial charge in [0.05, 0.1) is 18.9 Å². The van der Waals surface area contributed by atoms with Crippen LogP contribution in [0.2, 0.25) is 0 Å². The van der Waals surface area contributed by atoms with Crippen LogP contribution in [0.5, 0.6) is 11.6 Å². The van der Waals surface area contributed by atoms with Crippen LogP contribution in [0.4, 0.5) is 4.39 Å². The molecule has 0 aliphatic rings.